The lowest BCUT2D eigenvalue weighted by Gasteiger charge is -2.31. The topological polar surface area (TPSA) is 88.3 Å². The van der Waals surface area contributed by atoms with E-state index in [2.05, 4.69) is 10.3 Å². The number of amides is 3. The summed E-state index contributed by atoms with van der Waals surface area (Å²) >= 11 is 6.09. The van der Waals surface area contributed by atoms with E-state index in [0.717, 1.165) is 12.8 Å². The molecular formula is C13H17ClN4O2. The summed E-state index contributed by atoms with van der Waals surface area (Å²) in [5.41, 5.74) is 6.47. The summed E-state index contributed by atoms with van der Waals surface area (Å²) in [6.45, 7) is 2.72. The van der Waals surface area contributed by atoms with Crippen molar-refractivity contribution in [2.75, 3.05) is 18.4 Å². The highest BCUT2D eigenvalue weighted by molar-refractivity contribution is 6.34. The highest BCUT2D eigenvalue weighted by atomic mass is 35.5. The van der Waals surface area contributed by atoms with Crippen LogP contribution in [0.25, 0.3) is 0 Å². The van der Waals surface area contributed by atoms with Crippen LogP contribution in [0, 0.1) is 12.8 Å². The molecule has 1 saturated heterocycles. The summed E-state index contributed by atoms with van der Waals surface area (Å²) in [5, 5.41) is 3.16. The second-order valence-corrected chi connectivity index (χ2v) is 5.25. The molecule has 3 amide bonds. The number of anilines is 1. The first kappa shape index (κ1) is 14.6. The Morgan fingerprint density at radius 2 is 2.30 bits per heavy atom. The predicted molar refractivity (Wildman–Crippen MR) is 76.5 cm³/mol. The Morgan fingerprint density at radius 3 is 3.00 bits per heavy atom. The molecule has 2 heterocycles. The van der Waals surface area contributed by atoms with Gasteiger partial charge in [0.05, 0.1) is 22.3 Å². The van der Waals surface area contributed by atoms with Crippen molar-refractivity contribution in [2.24, 2.45) is 11.7 Å². The number of hydrogen-bond acceptors (Lipinski definition) is 3. The molecule has 0 saturated carbocycles. The van der Waals surface area contributed by atoms with Crippen molar-refractivity contribution in [1.29, 1.82) is 0 Å². The molecule has 0 unspecified atom stereocenters. The van der Waals surface area contributed by atoms with E-state index in [0.29, 0.717) is 29.5 Å². The zero-order valence-corrected chi connectivity index (χ0v) is 12.0. The van der Waals surface area contributed by atoms with Crippen LogP contribution >= 0.6 is 11.6 Å². The molecule has 0 bridgehead atoms. The van der Waals surface area contributed by atoms with Gasteiger partial charge in [-0.2, -0.15) is 0 Å². The summed E-state index contributed by atoms with van der Waals surface area (Å²) in [7, 11) is 0. The molecule has 0 radical (unpaired) electrons. The first-order valence-electron chi connectivity index (χ1n) is 6.45. The third kappa shape index (κ3) is 3.19. The van der Waals surface area contributed by atoms with Crippen molar-refractivity contribution in [3.05, 3.63) is 23.0 Å². The highest BCUT2D eigenvalue weighted by Crippen LogP contribution is 2.24. The molecule has 108 valence electrons. The van der Waals surface area contributed by atoms with Crippen molar-refractivity contribution in [3.63, 3.8) is 0 Å². The monoisotopic (exact) mass is 296 g/mol. The van der Waals surface area contributed by atoms with Crippen LogP contribution in [0.3, 0.4) is 0 Å². The number of carbonyl (C=O) groups excluding carboxylic acids is 2. The maximum atomic E-state index is 12.2. The van der Waals surface area contributed by atoms with Gasteiger partial charge in [0.1, 0.15) is 0 Å². The highest BCUT2D eigenvalue weighted by Gasteiger charge is 2.27. The fourth-order valence-corrected chi connectivity index (χ4v) is 2.39. The first-order chi connectivity index (χ1) is 9.49. The zero-order valence-electron chi connectivity index (χ0n) is 11.2. The van der Waals surface area contributed by atoms with E-state index in [4.69, 9.17) is 17.3 Å². The summed E-state index contributed by atoms with van der Waals surface area (Å²) in [4.78, 5) is 29.0. The van der Waals surface area contributed by atoms with Crippen LogP contribution in [-0.4, -0.2) is 34.9 Å². The molecule has 1 aliphatic heterocycles. The number of halogens is 1. The molecule has 1 aliphatic rings. The van der Waals surface area contributed by atoms with Crippen LogP contribution < -0.4 is 11.1 Å². The molecule has 1 atom stereocenters. The van der Waals surface area contributed by atoms with E-state index in [1.165, 1.54) is 0 Å². The van der Waals surface area contributed by atoms with Gasteiger partial charge in [0.25, 0.3) is 0 Å². The lowest BCUT2D eigenvalue weighted by atomic mass is 9.98. The number of nitrogens with zero attached hydrogens (tertiary/aromatic N) is 2. The fourth-order valence-electron chi connectivity index (χ4n) is 2.23. The van der Waals surface area contributed by atoms with Crippen molar-refractivity contribution >= 4 is 29.2 Å². The number of nitrogens with one attached hydrogen (secondary N) is 1. The molecule has 1 aromatic rings. The minimum Gasteiger partial charge on any atom is -0.369 e. The summed E-state index contributed by atoms with van der Waals surface area (Å²) in [6.07, 6.45) is 3.08. The first-order valence-corrected chi connectivity index (χ1v) is 6.83. The van der Waals surface area contributed by atoms with Crippen molar-refractivity contribution < 1.29 is 9.59 Å². The number of likely N-dealkylation sites (tertiary alicyclic amines) is 1. The Morgan fingerprint density at radius 1 is 1.55 bits per heavy atom. The van der Waals surface area contributed by atoms with E-state index in [1.807, 2.05) is 0 Å². The van der Waals surface area contributed by atoms with Gasteiger partial charge >= 0.3 is 6.03 Å². The minimum absolute atomic E-state index is 0.274. The van der Waals surface area contributed by atoms with Gasteiger partial charge < -0.3 is 16.0 Å². The number of aromatic nitrogens is 1. The van der Waals surface area contributed by atoms with Gasteiger partial charge in [-0.05, 0) is 25.8 Å². The Labute approximate surface area is 122 Å². The van der Waals surface area contributed by atoms with Gasteiger partial charge in [0, 0.05) is 19.3 Å². The molecule has 2 rings (SSSR count). The molecule has 3 N–H and O–H groups in total. The van der Waals surface area contributed by atoms with Gasteiger partial charge in [0.2, 0.25) is 5.91 Å². The molecular weight excluding hydrogens is 280 g/mol. The van der Waals surface area contributed by atoms with E-state index >= 15 is 0 Å². The van der Waals surface area contributed by atoms with E-state index in [1.54, 1.807) is 24.1 Å². The second kappa shape index (κ2) is 6.09. The maximum absolute atomic E-state index is 12.2. The maximum Gasteiger partial charge on any atom is 0.321 e. The average Bonchev–Trinajstić information content (AvgIpc) is 2.44. The summed E-state index contributed by atoms with van der Waals surface area (Å²) < 4.78 is 0. The van der Waals surface area contributed by atoms with E-state index < -0.39 is 0 Å². The van der Waals surface area contributed by atoms with Crippen molar-refractivity contribution in [3.8, 4) is 0 Å². The number of hydrogen-bond donors (Lipinski definition) is 2. The van der Waals surface area contributed by atoms with Gasteiger partial charge in [-0.25, -0.2) is 4.79 Å². The summed E-state index contributed by atoms with van der Waals surface area (Å²) in [5.74, 6) is -0.635. The smallest absolute Gasteiger partial charge is 0.321 e. The molecule has 7 heteroatoms. The number of aryl methyl sites for hydroxylation is 1. The average molecular weight is 297 g/mol. The number of pyridine rings is 1. The fraction of sp³-hybridized carbons (Fsp3) is 0.462. The largest absolute Gasteiger partial charge is 0.369 e. The number of carbonyl (C=O) groups is 2. The van der Waals surface area contributed by atoms with Crippen LogP contribution in [0.15, 0.2) is 12.3 Å². The summed E-state index contributed by atoms with van der Waals surface area (Å²) in [6, 6.07) is 1.37. The number of rotatable bonds is 2. The Bertz CT molecular complexity index is 535. The molecule has 0 aromatic carbocycles. The van der Waals surface area contributed by atoms with Crippen LogP contribution in [0.5, 0.6) is 0 Å². The number of piperidine rings is 1. The van der Waals surface area contributed by atoms with E-state index in [-0.39, 0.29) is 17.9 Å². The van der Waals surface area contributed by atoms with Crippen LogP contribution in [0.4, 0.5) is 10.5 Å². The molecule has 20 heavy (non-hydrogen) atoms. The van der Waals surface area contributed by atoms with Gasteiger partial charge in [-0.3, -0.25) is 9.78 Å². The Balaban J connectivity index is 2.04. The molecule has 1 fully saturated rings. The zero-order chi connectivity index (χ0) is 14.7. The lowest BCUT2D eigenvalue weighted by Crippen LogP contribution is -2.45. The van der Waals surface area contributed by atoms with Crippen molar-refractivity contribution in [1.82, 2.24) is 9.88 Å². The SMILES string of the molecule is Cc1nccc(NC(=O)N2CCC[C@H](C(N)=O)C2)c1Cl. The normalized spacial score (nSPS) is 18.7. The van der Waals surface area contributed by atoms with Crippen LogP contribution in [-0.2, 0) is 4.79 Å². The van der Waals surface area contributed by atoms with Crippen molar-refractivity contribution in [2.45, 2.75) is 19.8 Å². The van der Waals surface area contributed by atoms with Gasteiger partial charge in [-0.15, -0.1) is 0 Å². The van der Waals surface area contributed by atoms with Crippen LogP contribution in [0.1, 0.15) is 18.5 Å². The third-order valence-corrected chi connectivity index (χ3v) is 3.89. The van der Waals surface area contributed by atoms with Gasteiger partial charge in [0.15, 0.2) is 0 Å². The molecule has 0 spiro atoms. The molecule has 6 nitrogen and oxygen atoms in total. The van der Waals surface area contributed by atoms with Gasteiger partial charge in [-0.1, -0.05) is 11.6 Å². The number of nitrogens with two attached hydrogens (primary N) is 1. The Kier molecular flexibility index (Phi) is 4.44. The number of urea groups is 1. The lowest BCUT2D eigenvalue weighted by molar-refractivity contribution is -0.123. The molecule has 0 aliphatic carbocycles. The third-order valence-electron chi connectivity index (χ3n) is 3.42. The Hall–Kier alpha value is -1.82. The standard InChI is InChI=1S/C13H17ClN4O2/c1-8-11(14)10(4-5-16-8)17-13(20)18-6-2-3-9(7-18)12(15)19/h4-5,9H,2-3,6-7H2,1H3,(H2,15,19)(H,16,17,20)/t9-/m0/s1. The van der Waals surface area contributed by atoms with E-state index in [9.17, 15) is 9.59 Å². The second-order valence-electron chi connectivity index (χ2n) is 4.88. The predicted octanol–water partition coefficient (Wildman–Crippen LogP) is 1.77. The quantitative estimate of drug-likeness (QED) is 0.872. The number of primary amides is 1. The minimum atomic E-state index is -0.361. The molecule has 1 aromatic heterocycles. The van der Waals surface area contributed by atoms with Crippen LogP contribution in [0.2, 0.25) is 5.02 Å².